The first-order chi connectivity index (χ1) is 14.1. The first-order valence-corrected chi connectivity index (χ1v) is 10.3. The molecular weight excluding hydrogens is 362 g/mol. The molecule has 3 heterocycles. The largest absolute Gasteiger partial charge is 0.334 e. The Labute approximate surface area is 171 Å². The summed E-state index contributed by atoms with van der Waals surface area (Å²) in [4.78, 5) is 28.6. The Morgan fingerprint density at radius 3 is 2.83 bits per heavy atom. The molecule has 0 unspecified atom stereocenters. The minimum atomic E-state index is -0.00301. The molecule has 1 atom stereocenters. The van der Waals surface area contributed by atoms with Crippen LogP contribution in [0.1, 0.15) is 62.2 Å². The van der Waals surface area contributed by atoms with Crippen LogP contribution in [0.4, 0.5) is 0 Å². The van der Waals surface area contributed by atoms with Gasteiger partial charge >= 0.3 is 0 Å². The molecule has 1 fully saturated rings. The highest BCUT2D eigenvalue weighted by Gasteiger charge is 2.31. The number of benzene rings is 1. The summed E-state index contributed by atoms with van der Waals surface area (Å²) in [6.07, 6.45) is 10.5. The Morgan fingerprint density at radius 1 is 1.21 bits per heavy atom. The number of hydrogen-bond donors (Lipinski definition) is 0. The molecule has 0 radical (unpaired) electrons. The molecule has 0 aliphatic carbocycles. The molecule has 1 aliphatic heterocycles. The van der Waals surface area contributed by atoms with Gasteiger partial charge in [-0.1, -0.05) is 44.2 Å². The van der Waals surface area contributed by atoms with Gasteiger partial charge in [-0.3, -0.25) is 14.3 Å². The highest BCUT2D eigenvalue weighted by molar-refractivity contribution is 5.77. The Kier molecular flexibility index (Phi) is 5.69. The molecule has 2 aromatic heterocycles. The monoisotopic (exact) mass is 389 g/mol. The fraction of sp³-hybridized carbons (Fsp3) is 0.391. The van der Waals surface area contributed by atoms with E-state index in [-0.39, 0.29) is 17.9 Å². The van der Waals surface area contributed by atoms with Gasteiger partial charge in [0.25, 0.3) is 0 Å². The predicted octanol–water partition coefficient (Wildman–Crippen LogP) is 4.08. The van der Waals surface area contributed by atoms with Crippen molar-refractivity contribution in [3.05, 3.63) is 72.2 Å². The van der Waals surface area contributed by atoms with Crippen molar-refractivity contribution in [1.82, 2.24) is 24.4 Å². The molecule has 0 spiro atoms. The minimum absolute atomic E-state index is 0.00301. The Balaban J connectivity index is 1.51. The molecule has 0 N–H and O–H groups in total. The van der Waals surface area contributed by atoms with E-state index in [1.165, 1.54) is 5.56 Å². The second-order valence-electron chi connectivity index (χ2n) is 7.84. The number of nitrogens with zero attached hydrogens (tertiary/aromatic N) is 5. The van der Waals surface area contributed by atoms with Crippen molar-refractivity contribution in [1.29, 1.82) is 0 Å². The molecular formula is C23H27N5O. The zero-order chi connectivity index (χ0) is 20.2. The number of amides is 1. The summed E-state index contributed by atoms with van der Waals surface area (Å²) in [6, 6.07) is 10.2. The van der Waals surface area contributed by atoms with Gasteiger partial charge in [0.1, 0.15) is 5.82 Å². The second-order valence-corrected chi connectivity index (χ2v) is 7.84. The zero-order valence-electron chi connectivity index (χ0n) is 17.0. The number of hydrogen-bond acceptors (Lipinski definition) is 4. The van der Waals surface area contributed by atoms with E-state index in [1.807, 2.05) is 33.9 Å². The van der Waals surface area contributed by atoms with Gasteiger partial charge in [-0.15, -0.1) is 0 Å². The Morgan fingerprint density at radius 2 is 2.03 bits per heavy atom. The molecule has 0 bridgehead atoms. The van der Waals surface area contributed by atoms with Gasteiger partial charge in [-0.25, -0.2) is 9.97 Å². The van der Waals surface area contributed by atoms with Crippen molar-refractivity contribution in [2.24, 2.45) is 0 Å². The van der Waals surface area contributed by atoms with Crippen LogP contribution in [-0.2, 0) is 11.2 Å². The Bertz CT molecular complexity index is 966. The van der Waals surface area contributed by atoms with Gasteiger partial charge in [-0.05, 0) is 24.8 Å². The first kappa shape index (κ1) is 19.3. The summed E-state index contributed by atoms with van der Waals surface area (Å²) in [5, 5.41) is 0. The highest BCUT2D eigenvalue weighted by atomic mass is 16.2. The van der Waals surface area contributed by atoms with Crippen LogP contribution in [0.25, 0.3) is 5.82 Å². The summed E-state index contributed by atoms with van der Waals surface area (Å²) in [5.41, 5.74) is 2.05. The van der Waals surface area contributed by atoms with Gasteiger partial charge in [0.05, 0.1) is 24.1 Å². The quantitative estimate of drug-likeness (QED) is 0.637. The molecule has 6 heteroatoms. The normalized spacial score (nSPS) is 16.5. The summed E-state index contributed by atoms with van der Waals surface area (Å²) >= 11 is 0. The summed E-state index contributed by atoms with van der Waals surface area (Å²) in [5.74, 6) is 2.19. The van der Waals surface area contributed by atoms with E-state index in [0.717, 1.165) is 43.1 Å². The lowest BCUT2D eigenvalue weighted by Gasteiger charge is -2.24. The van der Waals surface area contributed by atoms with E-state index >= 15 is 0 Å². The second kappa shape index (κ2) is 8.55. The maximum atomic E-state index is 12.9. The molecule has 0 saturated carbocycles. The number of carbonyl (C=O) groups is 1. The van der Waals surface area contributed by atoms with E-state index in [2.05, 4.69) is 35.9 Å². The van der Waals surface area contributed by atoms with Gasteiger partial charge in [-0.2, -0.15) is 0 Å². The van der Waals surface area contributed by atoms with Crippen molar-refractivity contribution in [3.63, 3.8) is 0 Å². The number of aryl methyl sites for hydroxylation is 1. The first-order valence-electron chi connectivity index (χ1n) is 10.3. The maximum Gasteiger partial charge on any atom is 0.223 e. The average Bonchev–Trinajstić information content (AvgIpc) is 3.42. The number of carbonyl (C=O) groups excluding carboxylic acids is 1. The third-order valence-electron chi connectivity index (χ3n) is 5.46. The van der Waals surface area contributed by atoms with E-state index in [4.69, 9.17) is 4.98 Å². The van der Waals surface area contributed by atoms with E-state index < -0.39 is 0 Å². The van der Waals surface area contributed by atoms with Crippen molar-refractivity contribution in [2.75, 3.05) is 6.54 Å². The lowest BCUT2D eigenvalue weighted by molar-refractivity contribution is -0.132. The zero-order valence-corrected chi connectivity index (χ0v) is 17.0. The molecule has 3 aromatic rings. The molecule has 1 saturated heterocycles. The number of likely N-dealkylation sites (tertiary alicyclic amines) is 1. The number of rotatable bonds is 6. The predicted molar refractivity (Wildman–Crippen MR) is 112 cm³/mol. The van der Waals surface area contributed by atoms with Crippen molar-refractivity contribution >= 4 is 5.91 Å². The smallest absolute Gasteiger partial charge is 0.223 e. The Hall–Kier alpha value is -3.02. The van der Waals surface area contributed by atoms with E-state index in [9.17, 15) is 4.79 Å². The molecule has 1 aromatic carbocycles. The molecule has 1 amide bonds. The number of imidazole rings is 1. The highest BCUT2D eigenvalue weighted by Crippen LogP contribution is 2.31. The summed E-state index contributed by atoms with van der Waals surface area (Å²) in [6.45, 7) is 5.01. The van der Waals surface area contributed by atoms with Crippen LogP contribution in [0.2, 0.25) is 0 Å². The SMILES string of the molecule is CC(C)c1nccn1-c1cncc([C@H]2CCCN2C(=O)CCc2ccccc2)n1. The van der Waals surface area contributed by atoms with Crippen molar-refractivity contribution in [3.8, 4) is 5.82 Å². The van der Waals surface area contributed by atoms with Gasteiger partial charge < -0.3 is 4.90 Å². The minimum Gasteiger partial charge on any atom is -0.334 e. The van der Waals surface area contributed by atoms with Crippen LogP contribution < -0.4 is 0 Å². The van der Waals surface area contributed by atoms with Crippen molar-refractivity contribution in [2.45, 2.75) is 51.5 Å². The molecule has 150 valence electrons. The summed E-state index contributed by atoms with van der Waals surface area (Å²) in [7, 11) is 0. The van der Waals surface area contributed by atoms with Gasteiger partial charge in [0.15, 0.2) is 5.82 Å². The average molecular weight is 390 g/mol. The lowest BCUT2D eigenvalue weighted by Crippen LogP contribution is -2.31. The topological polar surface area (TPSA) is 63.9 Å². The summed E-state index contributed by atoms with van der Waals surface area (Å²) < 4.78 is 1.98. The molecule has 1 aliphatic rings. The van der Waals surface area contributed by atoms with E-state index in [1.54, 1.807) is 18.6 Å². The lowest BCUT2D eigenvalue weighted by atomic mass is 10.1. The third-order valence-corrected chi connectivity index (χ3v) is 5.46. The van der Waals surface area contributed by atoms with Crippen LogP contribution in [0, 0.1) is 0 Å². The van der Waals surface area contributed by atoms with E-state index in [0.29, 0.717) is 6.42 Å². The van der Waals surface area contributed by atoms with Crippen LogP contribution >= 0.6 is 0 Å². The fourth-order valence-corrected chi connectivity index (χ4v) is 4.00. The van der Waals surface area contributed by atoms with Crippen LogP contribution in [0.3, 0.4) is 0 Å². The van der Waals surface area contributed by atoms with Crippen molar-refractivity contribution < 1.29 is 4.79 Å². The van der Waals surface area contributed by atoms with Gasteiger partial charge in [0.2, 0.25) is 5.91 Å². The maximum absolute atomic E-state index is 12.9. The number of aromatic nitrogens is 4. The molecule has 29 heavy (non-hydrogen) atoms. The van der Waals surface area contributed by atoms with Crippen LogP contribution in [0.15, 0.2) is 55.1 Å². The van der Waals surface area contributed by atoms with Gasteiger partial charge in [0, 0.05) is 31.3 Å². The molecule has 6 nitrogen and oxygen atoms in total. The van der Waals surface area contributed by atoms with Crippen LogP contribution in [-0.4, -0.2) is 36.9 Å². The fourth-order valence-electron chi connectivity index (χ4n) is 4.00. The third kappa shape index (κ3) is 4.21. The molecule has 4 rings (SSSR count). The standard InChI is InChI=1S/C23H27N5O/c1-17(2)23-25-12-14-28(23)21-16-24-15-19(26-21)20-9-6-13-27(20)22(29)11-10-18-7-4-3-5-8-18/h3-5,7-8,12,14-17,20H,6,9-11,13H2,1-2H3/t20-/m1/s1. The van der Waals surface area contributed by atoms with Crippen LogP contribution in [0.5, 0.6) is 0 Å².